The fraction of sp³-hybridized carbons (Fsp3) is 0.0952. The second-order valence-corrected chi connectivity index (χ2v) is 8.65. The number of hydrogen-bond donors (Lipinski definition) is 1. The first-order valence-corrected chi connectivity index (χ1v) is 10.4. The zero-order valence-electron chi connectivity index (χ0n) is 16.1. The van der Waals surface area contributed by atoms with E-state index in [2.05, 4.69) is 10.1 Å². The Morgan fingerprint density at radius 3 is 2.47 bits per heavy atom. The van der Waals surface area contributed by atoms with E-state index in [0.717, 1.165) is 17.8 Å². The van der Waals surface area contributed by atoms with Crippen molar-refractivity contribution in [2.24, 2.45) is 0 Å². The summed E-state index contributed by atoms with van der Waals surface area (Å²) >= 11 is 0. The molecule has 152 valence electrons. The van der Waals surface area contributed by atoms with Gasteiger partial charge in [0.1, 0.15) is 17.0 Å². The summed E-state index contributed by atoms with van der Waals surface area (Å²) < 4.78 is 41.4. The van der Waals surface area contributed by atoms with Gasteiger partial charge in [-0.15, -0.1) is 0 Å². The van der Waals surface area contributed by atoms with Crippen LogP contribution in [0.25, 0.3) is 10.9 Å². The van der Waals surface area contributed by atoms with Crippen LogP contribution in [0.2, 0.25) is 0 Å². The molecule has 0 saturated carbocycles. The first-order chi connectivity index (χ1) is 14.2. The van der Waals surface area contributed by atoms with E-state index in [9.17, 15) is 17.6 Å². The average molecular weight is 424 g/mol. The van der Waals surface area contributed by atoms with Crippen LogP contribution in [0.5, 0.6) is 0 Å². The highest BCUT2D eigenvalue weighted by molar-refractivity contribution is 7.90. The molecule has 0 aliphatic carbocycles. The molecule has 30 heavy (non-hydrogen) atoms. The molecule has 0 radical (unpaired) electrons. The van der Waals surface area contributed by atoms with Crippen molar-refractivity contribution in [3.05, 3.63) is 83.1 Å². The standard InChI is InChI=1S/C21H17FN4O3S/c1-12-3-5-14(6-4-12)30(28,29)26-20-16(11-25-26)15(7-8-17(20)22)21(27)19-18(23)13(2)9-10-24-19/h3-11H,23H2,1-2H3. The molecule has 4 rings (SSSR count). The smallest absolute Gasteiger partial charge is 0.283 e. The number of ketones is 1. The number of fused-ring (bicyclic) bond motifs is 1. The second kappa shape index (κ2) is 7.03. The first-order valence-electron chi connectivity index (χ1n) is 8.96. The maximum absolute atomic E-state index is 14.7. The fourth-order valence-corrected chi connectivity index (χ4v) is 4.42. The van der Waals surface area contributed by atoms with Gasteiger partial charge in [-0.2, -0.15) is 17.6 Å². The quantitative estimate of drug-likeness (QED) is 0.504. The summed E-state index contributed by atoms with van der Waals surface area (Å²) in [7, 11) is -4.17. The molecule has 0 unspecified atom stereocenters. The molecular formula is C21H17FN4O3S. The fourth-order valence-electron chi connectivity index (χ4n) is 3.14. The summed E-state index contributed by atoms with van der Waals surface area (Å²) in [6.07, 6.45) is 2.61. The SMILES string of the molecule is Cc1ccc(S(=O)(=O)n2ncc3c(C(=O)c4nccc(C)c4N)ccc(F)c32)cc1. The number of hydrogen-bond acceptors (Lipinski definition) is 6. The van der Waals surface area contributed by atoms with Crippen molar-refractivity contribution in [3.63, 3.8) is 0 Å². The van der Waals surface area contributed by atoms with Gasteiger partial charge < -0.3 is 5.73 Å². The number of nitrogens with two attached hydrogens (primary N) is 1. The van der Waals surface area contributed by atoms with E-state index in [1.54, 1.807) is 25.1 Å². The van der Waals surface area contributed by atoms with Gasteiger partial charge in [-0.1, -0.05) is 17.7 Å². The van der Waals surface area contributed by atoms with Crippen molar-refractivity contribution in [1.82, 2.24) is 14.2 Å². The zero-order valence-corrected chi connectivity index (χ0v) is 16.9. The lowest BCUT2D eigenvalue weighted by Gasteiger charge is -2.09. The van der Waals surface area contributed by atoms with Crippen LogP contribution >= 0.6 is 0 Å². The van der Waals surface area contributed by atoms with Crippen LogP contribution in [0.3, 0.4) is 0 Å². The molecule has 0 aliphatic rings. The summed E-state index contributed by atoms with van der Waals surface area (Å²) in [5.74, 6) is -1.37. The van der Waals surface area contributed by atoms with Crippen molar-refractivity contribution >= 4 is 32.4 Å². The van der Waals surface area contributed by atoms with E-state index in [1.807, 2.05) is 6.92 Å². The molecule has 7 nitrogen and oxygen atoms in total. The van der Waals surface area contributed by atoms with Gasteiger partial charge in [-0.25, -0.2) is 4.39 Å². The van der Waals surface area contributed by atoms with Gasteiger partial charge in [-0.05, 0) is 49.7 Å². The molecule has 0 bridgehead atoms. The van der Waals surface area contributed by atoms with Crippen LogP contribution in [0.15, 0.2) is 59.8 Å². The Balaban J connectivity index is 1.92. The van der Waals surface area contributed by atoms with Crippen LogP contribution in [0, 0.1) is 19.7 Å². The highest BCUT2D eigenvalue weighted by Gasteiger charge is 2.26. The van der Waals surface area contributed by atoms with Crippen LogP contribution in [-0.2, 0) is 10.0 Å². The highest BCUT2D eigenvalue weighted by Crippen LogP contribution is 2.28. The number of pyridine rings is 1. The Morgan fingerprint density at radius 1 is 1.07 bits per heavy atom. The van der Waals surface area contributed by atoms with Crippen molar-refractivity contribution in [1.29, 1.82) is 0 Å². The molecule has 2 N–H and O–H groups in total. The maximum atomic E-state index is 14.7. The highest BCUT2D eigenvalue weighted by atomic mass is 32.2. The summed E-state index contributed by atoms with van der Waals surface area (Å²) in [5.41, 5.74) is 7.49. The number of aromatic nitrogens is 3. The molecule has 0 fully saturated rings. The van der Waals surface area contributed by atoms with Crippen LogP contribution in [0.4, 0.5) is 10.1 Å². The molecule has 2 heterocycles. The van der Waals surface area contributed by atoms with Gasteiger partial charge in [0.05, 0.1) is 16.8 Å². The number of aryl methyl sites for hydroxylation is 2. The predicted octanol–water partition coefficient (Wildman–Crippen LogP) is 3.24. The second-order valence-electron chi connectivity index (χ2n) is 6.88. The topological polar surface area (TPSA) is 108 Å². The van der Waals surface area contributed by atoms with Gasteiger partial charge >= 0.3 is 0 Å². The van der Waals surface area contributed by atoms with Crippen molar-refractivity contribution < 1.29 is 17.6 Å². The Kier molecular flexibility index (Phi) is 4.62. The monoisotopic (exact) mass is 424 g/mol. The number of anilines is 1. The Hall–Kier alpha value is -3.59. The largest absolute Gasteiger partial charge is 0.397 e. The van der Waals surface area contributed by atoms with Crippen LogP contribution in [-0.4, -0.2) is 28.4 Å². The third-order valence-electron chi connectivity index (χ3n) is 4.87. The molecule has 0 amide bonds. The first kappa shape index (κ1) is 19.7. The zero-order chi connectivity index (χ0) is 21.6. The lowest BCUT2D eigenvalue weighted by Crippen LogP contribution is -2.15. The van der Waals surface area contributed by atoms with Gasteiger partial charge in [-0.3, -0.25) is 9.78 Å². The number of nitrogen functional groups attached to an aromatic ring is 1. The molecule has 0 atom stereocenters. The number of benzene rings is 2. The van der Waals surface area contributed by atoms with Crippen molar-refractivity contribution in [3.8, 4) is 0 Å². The normalized spacial score (nSPS) is 11.7. The molecule has 9 heteroatoms. The molecule has 0 spiro atoms. The van der Waals surface area contributed by atoms with E-state index in [-0.39, 0.29) is 32.7 Å². The predicted molar refractivity (Wildman–Crippen MR) is 110 cm³/mol. The molecule has 0 aliphatic heterocycles. The summed E-state index contributed by atoms with van der Waals surface area (Å²) in [5, 5.41) is 3.94. The van der Waals surface area contributed by atoms with Gasteiger partial charge in [0.15, 0.2) is 0 Å². The minimum Gasteiger partial charge on any atom is -0.397 e. The van der Waals surface area contributed by atoms with E-state index in [4.69, 9.17) is 5.73 Å². The molecule has 0 saturated heterocycles. The van der Waals surface area contributed by atoms with E-state index in [1.165, 1.54) is 24.4 Å². The molecule has 2 aromatic carbocycles. The third kappa shape index (κ3) is 3.03. The number of rotatable bonds is 4. The number of carbonyl (C=O) groups is 1. The Bertz CT molecular complexity index is 1410. The minimum absolute atomic E-state index is 0.0112. The van der Waals surface area contributed by atoms with Crippen LogP contribution in [0.1, 0.15) is 27.2 Å². The van der Waals surface area contributed by atoms with Gasteiger partial charge in [0, 0.05) is 17.1 Å². The number of halogens is 1. The lowest BCUT2D eigenvalue weighted by molar-refractivity contribution is 0.103. The van der Waals surface area contributed by atoms with Crippen LogP contribution < -0.4 is 5.73 Å². The number of nitrogens with zero attached hydrogens (tertiary/aromatic N) is 3. The Labute approximate surface area is 172 Å². The molecule has 4 aromatic rings. The third-order valence-corrected chi connectivity index (χ3v) is 6.47. The maximum Gasteiger partial charge on any atom is 0.283 e. The Morgan fingerprint density at radius 2 is 1.77 bits per heavy atom. The summed E-state index contributed by atoms with van der Waals surface area (Å²) in [4.78, 5) is 17.1. The summed E-state index contributed by atoms with van der Waals surface area (Å²) in [6.45, 7) is 3.56. The van der Waals surface area contributed by atoms with E-state index >= 15 is 0 Å². The minimum atomic E-state index is -4.17. The van der Waals surface area contributed by atoms with Crippen molar-refractivity contribution in [2.75, 3.05) is 5.73 Å². The molecule has 2 aromatic heterocycles. The van der Waals surface area contributed by atoms with E-state index in [0.29, 0.717) is 9.65 Å². The average Bonchev–Trinajstić information content (AvgIpc) is 3.17. The number of carbonyl (C=O) groups excluding carboxylic acids is 1. The van der Waals surface area contributed by atoms with E-state index < -0.39 is 21.6 Å². The van der Waals surface area contributed by atoms with Gasteiger partial charge in [0.2, 0.25) is 5.78 Å². The lowest BCUT2D eigenvalue weighted by atomic mass is 10.0. The summed E-state index contributed by atoms with van der Waals surface area (Å²) in [6, 6.07) is 10.1. The molecular weight excluding hydrogens is 407 g/mol. The van der Waals surface area contributed by atoms with Gasteiger partial charge in [0.25, 0.3) is 10.0 Å². The van der Waals surface area contributed by atoms with Crippen molar-refractivity contribution in [2.45, 2.75) is 18.7 Å².